The second-order valence-electron chi connectivity index (χ2n) is 6.98. The molecule has 3 rings (SSSR count). The number of ether oxygens (including phenoxy) is 1. The van der Waals surface area contributed by atoms with Crippen LogP contribution < -0.4 is 16.2 Å². The summed E-state index contributed by atoms with van der Waals surface area (Å²) < 4.78 is 5.68. The second-order valence-corrected chi connectivity index (χ2v) is 6.98. The van der Waals surface area contributed by atoms with Crippen molar-refractivity contribution in [1.29, 1.82) is 0 Å². The van der Waals surface area contributed by atoms with Crippen molar-refractivity contribution in [3.05, 3.63) is 64.2 Å². The summed E-state index contributed by atoms with van der Waals surface area (Å²) in [6.07, 6.45) is 0. The van der Waals surface area contributed by atoms with Gasteiger partial charge in [-0.2, -0.15) is 0 Å². The van der Waals surface area contributed by atoms with Gasteiger partial charge in [-0.05, 0) is 49.2 Å². The topological polar surface area (TPSA) is 170 Å². The minimum absolute atomic E-state index is 0.116. The van der Waals surface area contributed by atoms with E-state index in [4.69, 9.17) is 16.2 Å². The maximum absolute atomic E-state index is 12.7. The van der Waals surface area contributed by atoms with E-state index in [9.17, 15) is 29.4 Å². The van der Waals surface area contributed by atoms with Crippen LogP contribution in [0.2, 0.25) is 0 Å². The van der Waals surface area contributed by atoms with Gasteiger partial charge >= 0.3 is 11.9 Å². The summed E-state index contributed by atoms with van der Waals surface area (Å²) in [6.45, 7) is 3.79. The highest BCUT2D eigenvalue weighted by Crippen LogP contribution is 2.41. The molecule has 0 saturated heterocycles. The highest BCUT2D eigenvalue weighted by molar-refractivity contribution is 6.25. The van der Waals surface area contributed by atoms with Crippen LogP contribution >= 0.6 is 0 Å². The predicted octanol–water partition coefficient (Wildman–Crippen LogP) is 2.81. The number of aromatic carboxylic acids is 2. The minimum Gasteiger partial charge on any atom is -0.493 e. The maximum atomic E-state index is 12.7. The summed E-state index contributed by atoms with van der Waals surface area (Å²) in [5.41, 5.74) is 11.1. The second kappa shape index (κ2) is 8.38. The van der Waals surface area contributed by atoms with Crippen LogP contribution in [0.4, 0.5) is 0 Å². The molecule has 9 heteroatoms. The normalized spacial score (nSPS) is 10.7. The molecule has 0 unspecified atom stereocenters. The molecule has 0 aliphatic heterocycles. The average Bonchev–Trinajstić information content (AvgIpc) is 2.71. The van der Waals surface area contributed by atoms with E-state index in [0.717, 1.165) is 12.1 Å². The molecule has 0 atom stereocenters. The molecule has 0 bridgehead atoms. The Morgan fingerprint density at radius 3 is 1.97 bits per heavy atom. The lowest BCUT2D eigenvalue weighted by atomic mass is 9.84. The van der Waals surface area contributed by atoms with E-state index < -0.39 is 29.3 Å². The first-order valence-corrected chi connectivity index (χ1v) is 9.52. The Morgan fingerprint density at radius 1 is 0.875 bits per heavy atom. The molecule has 0 aromatic heterocycles. The van der Waals surface area contributed by atoms with Gasteiger partial charge in [0.25, 0.3) is 0 Å². The van der Waals surface area contributed by atoms with E-state index in [1.807, 2.05) is 0 Å². The van der Waals surface area contributed by atoms with Gasteiger partial charge in [-0.3, -0.25) is 9.59 Å². The summed E-state index contributed by atoms with van der Waals surface area (Å²) in [7, 11) is 0. The summed E-state index contributed by atoms with van der Waals surface area (Å²) in [6, 6.07) is 8.47. The smallest absolute Gasteiger partial charge is 0.336 e. The maximum Gasteiger partial charge on any atom is 0.336 e. The van der Waals surface area contributed by atoms with E-state index in [0.29, 0.717) is 23.5 Å². The highest BCUT2D eigenvalue weighted by atomic mass is 16.5. The minimum atomic E-state index is -1.43. The van der Waals surface area contributed by atoms with Crippen molar-refractivity contribution < 1.29 is 34.1 Å². The third-order valence-electron chi connectivity index (χ3n) is 5.06. The first-order chi connectivity index (χ1) is 15.1. The molecule has 0 fully saturated rings. The van der Waals surface area contributed by atoms with Crippen LogP contribution in [0.15, 0.2) is 36.4 Å². The highest BCUT2D eigenvalue weighted by Gasteiger charge is 2.28. The first kappa shape index (κ1) is 22.3. The van der Waals surface area contributed by atoms with Crippen molar-refractivity contribution in [2.45, 2.75) is 13.8 Å². The largest absolute Gasteiger partial charge is 0.493 e. The molecule has 32 heavy (non-hydrogen) atoms. The zero-order valence-electron chi connectivity index (χ0n) is 17.3. The van der Waals surface area contributed by atoms with Gasteiger partial charge in [-0.15, -0.1) is 0 Å². The third kappa shape index (κ3) is 3.60. The van der Waals surface area contributed by atoms with Gasteiger partial charge in [0, 0.05) is 21.9 Å². The summed E-state index contributed by atoms with van der Waals surface area (Å²) in [4.78, 5) is 48.9. The quantitative estimate of drug-likeness (QED) is 0.441. The molecular formula is C23H20N2O7. The molecule has 164 valence electrons. The van der Waals surface area contributed by atoms with E-state index in [1.165, 1.54) is 6.07 Å². The van der Waals surface area contributed by atoms with Crippen molar-refractivity contribution in [2.75, 3.05) is 6.61 Å². The Balaban J connectivity index is 2.71. The summed E-state index contributed by atoms with van der Waals surface area (Å²) in [5, 5.41) is 18.9. The van der Waals surface area contributed by atoms with Gasteiger partial charge in [-0.1, -0.05) is 12.1 Å². The van der Waals surface area contributed by atoms with E-state index in [-0.39, 0.29) is 33.0 Å². The van der Waals surface area contributed by atoms with Gasteiger partial charge in [0.05, 0.1) is 23.3 Å². The van der Waals surface area contributed by atoms with Gasteiger partial charge in [-0.25, -0.2) is 9.59 Å². The lowest BCUT2D eigenvalue weighted by molar-refractivity contribution is 0.0684. The van der Waals surface area contributed by atoms with Crippen molar-refractivity contribution in [1.82, 2.24) is 0 Å². The number of carboxylic acid groups (broad SMARTS) is 2. The third-order valence-corrected chi connectivity index (χ3v) is 5.06. The van der Waals surface area contributed by atoms with Gasteiger partial charge in [0.1, 0.15) is 5.75 Å². The Bertz CT molecular complexity index is 1310. The van der Waals surface area contributed by atoms with Crippen molar-refractivity contribution >= 4 is 34.5 Å². The summed E-state index contributed by atoms with van der Waals surface area (Å²) in [5.74, 6) is -4.49. The van der Waals surface area contributed by atoms with Crippen LogP contribution in [0.3, 0.4) is 0 Å². The van der Waals surface area contributed by atoms with E-state index in [2.05, 4.69) is 0 Å². The number of amides is 2. The lowest BCUT2D eigenvalue weighted by Gasteiger charge is -2.20. The van der Waals surface area contributed by atoms with Crippen LogP contribution in [-0.2, 0) is 0 Å². The molecule has 6 N–H and O–H groups in total. The SMILES string of the molecule is CCOc1cccc(C)c1-c1cc(C(N)=O)c2c(C(=O)O)ccc(C(=O)O)c2c1C(N)=O. The first-order valence-electron chi connectivity index (χ1n) is 9.52. The molecule has 2 amide bonds. The van der Waals surface area contributed by atoms with Gasteiger partial charge < -0.3 is 26.4 Å². The fourth-order valence-electron chi connectivity index (χ4n) is 3.83. The summed E-state index contributed by atoms with van der Waals surface area (Å²) >= 11 is 0. The van der Waals surface area contributed by atoms with Crippen molar-refractivity contribution in [3.8, 4) is 16.9 Å². The zero-order valence-corrected chi connectivity index (χ0v) is 17.3. The zero-order chi connectivity index (χ0) is 23.7. The van der Waals surface area contributed by atoms with Crippen LogP contribution in [-0.4, -0.2) is 40.6 Å². The molecule has 0 saturated carbocycles. The van der Waals surface area contributed by atoms with Crippen LogP contribution in [0.5, 0.6) is 5.75 Å². The van der Waals surface area contributed by atoms with Gasteiger partial charge in [0.2, 0.25) is 11.8 Å². The van der Waals surface area contributed by atoms with E-state index in [1.54, 1.807) is 32.0 Å². The number of hydrogen-bond acceptors (Lipinski definition) is 5. The van der Waals surface area contributed by atoms with E-state index >= 15 is 0 Å². The molecule has 0 radical (unpaired) electrons. The molecule has 0 spiro atoms. The van der Waals surface area contributed by atoms with Crippen molar-refractivity contribution in [3.63, 3.8) is 0 Å². The number of nitrogens with two attached hydrogens (primary N) is 2. The number of hydrogen-bond donors (Lipinski definition) is 4. The molecule has 0 heterocycles. The molecular weight excluding hydrogens is 416 g/mol. The molecule has 9 nitrogen and oxygen atoms in total. The molecule has 3 aromatic rings. The Hall–Kier alpha value is -4.40. The fraction of sp³-hybridized carbons (Fsp3) is 0.130. The number of fused-ring (bicyclic) bond motifs is 1. The molecule has 0 aliphatic carbocycles. The monoisotopic (exact) mass is 436 g/mol. The number of carbonyl (C=O) groups is 4. The fourth-order valence-corrected chi connectivity index (χ4v) is 3.83. The predicted molar refractivity (Wildman–Crippen MR) is 116 cm³/mol. The van der Waals surface area contributed by atoms with Crippen LogP contribution in [0.25, 0.3) is 21.9 Å². The number of rotatable bonds is 7. The van der Waals surface area contributed by atoms with Gasteiger partial charge in [0.15, 0.2) is 0 Å². The molecule has 3 aromatic carbocycles. The number of aryl methyl sites for hydroxylation is 1. The number of carboxylic acids is 2. The average molecular weight is 436 g/mol. The van der Waals surface area contributed by atoms with Crippen molar-refractivity contribution in [2.24, 2.45) is 11.5 Å². The number of benzene rings is 3. The Kier molecular flexibility index (Phi) is 5.84. The molecule has 0 aliphatic rings. The Labute approximate surface area is 182 Å². The van der Waals surface area contributed by atoms with Crippen LogP contribution in [0, 0.1) is 6.92 Å². The Morgan fingerprint density at radius 2 is 1.47 bits per heavy atom. The number of primary amides is 2. The standard InChI is InChI=1S/C23H20N2O7/c1-3-32-15-6-4-5-10(2)16(15)13-9-14(20(24)26)17-11(22(28)29)7-8-12(23(30)31)18(17)19(13)21(25)27/h4-9H,3H2,1-2H3,(H2,24,26)(H2,25,27)(H,28,29)(H,30,31). The lowest BCUT2D eigenvalue weighted by Crippen LogP contribution is -2.20. The van der Waals surface area contributed by atoms with Crippen LogP contribution in [0.1, 0.15) is 53.9 Å². The number of carbonyl (C=O) groups excluding carboxylic acids is 2.